The normalized spacial score (nSPS) is 11.9. The van der Waals surface area contributed by atoms with Crippen LogP contribution < -0.4 is 9.62 Å². The van der Waals surface area contributed by atoms with Gasteiger partial charge in [-0.1, -0.05) is 103 Å². The maximum absolute atomic E-state index is 14.5. The average Bonchev–Trinajstić information content (AvgIpc) is 3.03. The molecule has 236 valence electrons. The zero-order chi connectivity index (χ0) is 32.4. The van der Waals surface area contributed by atoms with E-state index in [0.29, 0.717) is 17.3 Å². The molecule has 0 radical (unpaired) electrons. The maximum Gasteiger partial charge on any atom is 0.264 e. The van der Waals surface area contributed by atoms with E-state index in [9.17, 15) is 18.0 Å². The Morgan fingerprint density at radius 3 is 2.00 bits per heavy atom. The van der Waals surface area contributed by atoms with Gasteiger partial charge in [0.25, 0.3) is 10.0 Å². The van der Waals surface area contributed by atoms with Crippen molar-refractivity contribution in [1.29, 1.82) is 0 Å². The number of hydrogen-bond acceptors (Lipinski definition) is 4. The topological polar surface area (TPSA) is 86.8 Å². The minimum Gasteiger partial charge on any atom is -0.354 e. The van der Waals surface area contributed by atoms with Crippen LogP contribution in [0.1, 0.15) is 42.0 Å². The fraction of sp³-hybridized carbons (Fsp3) is 0.278. The van der Waals surface area contributed by atoms with Crippen molar-refractivity contribution in [3.8, 4) is 0 Å². The molecule has 7 nitrogen and oxygen atoms in total. The zero-order valence-corrected chi connectivity index (χ0v) is 27.5. The molecule has 0 fully saturated rings. The van der Waals surface area contributed by atoms with E-state index < -0.39 is 28.5 Å². The first-order valence-corrected chi connectivity index (χ1v) is 16.9. The summed E-state index contributed by atoms with van der Waals surface area (Å²) in [6.45, 7) is 6.03. The molecule has 4 aromatic carbocycles. The quantitative estimate of drug-likeness (QED) is 0.155. The van der Waals surface area contributed by atoms with Gasteiger partial charge < -0.3 is 10.2 Å². The van der Waals surface area contributed by atoms with Crippen molar-refractivity contribution in [2.45, 2.75) is 57.5 Å². The van der Waals surface area contributed by atoms with Crippen LogP contribution in [0.25, 0.3) is 0 Å². The third kappa shape index (κ3) is 9.19. The van der Waals surface area contributed by atoms with E-state index >= 15 is 0 Å². The molecule has 4 aromatic rings. The number of sulfonamides is 1. The van der Waals surface area contributed by atoms with Crippen molar-refractivity contribution in [2.24, 2.45) is 0 Å². The Labute approximate surface area is 271 Å². The molecule has 0 aliphatic carbocycles. The minimum atomic E-state index is -4.19. The van der Waals surface area contributed by atoms with Crippen molar-refractivity contribution >= 4 is 39.1 Å². The number of nitrogens with one attached hydrogen (secondary N) is 1. The second-order valence-electron chi connectivity index (χ2n) is 11.2. The summed E-state index contributed by atoms with van der Waals surface area (Å²) in [6, 6.07) is 29.2. The molecule has 1 N–H and O–H groups in total. The highest BCUT2D eigenvalue weighted by Gasteiger charge is 2.34. The standard InChI is InChI=1S/C36H40ClN3O4S/c1-4-5-23-38-36(42)34(24-29-9-7-6-8-10-29)39(25-30-15-11-27(2)12-16-30)35(41)26-40(32-19-13-28(3)14-20-32)45(43,44)33-21-17-31(37)18-22-33/h6-22,34H,4-5,23-26H2,1-3H3,(H,38,42)/t34-/m0/s1. The summed E-state index contributed by atoms with van der Waals surface area (Å²) in [6.07, 6.45) is 1.98. The maximum atomic E-state index is 14.5. The monoisotopic (exact) mass is 645 g/mol. The number of carbonyl (C=O) groups is 2. The van der Waals surface area contributed by atoms with Gasteiger partial charge in [0.2, 0.25) is 11.8 Å². The van der Waals surface area contributed by atoms with Gasteiger partial charge in [0, 0.05) is 24.5 Å². The van der Waals surface area contributed by atoms with Crippen molar-refractivity contribution in [3.63, 3.8) is 0 Å². The van der Waals surface area contributed by atoms with E-state index in [0.717, 1.165) is 39.4 Å². The van der Waals surface area contributed by atoms with Crippen LogP contribution in [0, 0.1) is 13.8 Å². The molecule has 2 amide bonds. The van der Waals surface area contributed by atoms with Crippen molar-refractivity contribution < 1.29 is 18.0 Å². The molecular weight excluding hydrogens is 606 g/mol. The molecule has 9 heteroatoms. The fourth-order valence-electron chi connectivity index (χ4n) is 4.92. The van der Waals surface area contributed by atoms with Gasteiger partial charge in [-0.25, -0.2) is 8.42 Å². The Bertz CT molecular complexity index is 1660. The Morgan fingerprint density at radius 1 is 0.800 bits per heavy atom. The zero-order valence-electron chi connectivity index (χ0n) is 25.9. The van der Waals surface area contributed by atoms with Crippen LogP contribution in [0.4, 0.5) is 5.69 Å². The summed E-state index contributed by atoms with van der Waals surface area (Å²) in [4.78, 5) is 29.8. The third-order valence-corrected chi connectivity index (χ3v) is 9.62. The van der Waals surface area contributed by atoms with Gasteiger partial charge in [-0.2, -0.15) is 0 Å². The highest BCUT2D eigenvalue weighted by Crippen LogP contribution is 2.26. The lowest BCUT2D eigenvalue weighted by atomic mass is 10.0. The molecule has 0 saturated carbocycles. The summed E-state index contributed by atoms with van der Waals surface area (Å²) >= 11 is 6.06. The Hall–Kier alpha value is -4.14. The number of nitrogens with zero attached hydrogens (tertiary/aromatic N) is 2. The molecule has 0 saturated heterocycles. The van der Waals surface area contributed by atoms with E-state index in [1.165, 1.54) is 29.2 Å². The molecule has 0 aliphatic heterocycles. The van der Waals surface area contributed by atoms with E-state index in [4.69, 9.17) is 11.6 Å². The lowest BCUT2D eigenvalue weighted by Crippen LogP contribution is -2.53. The molecular formula is C36H40ClN3O4S. The van der Waals surface area contributed by atoms with Gasteiger partial charge in [-0.05, 0) is 67.8 Å². The van der Waals surface area contributed by atoms with Crippen molar-refractivity contribution in [3.05, 3.63) is 130 Å². The third-order valence-electron chi connectivity index (χ3n) is 7.58. The van der Waals surface area contributed by atoms with Crippen molar-refractivity contribution in [1.82, 2.24) is 10.2 Å². The van der Waals surface area contributed by atoms with Crippen LogP contribution in [0.5, 0.6) is 0 Å². The summed E-state index contributed by atoms with van der Waals surface area (Å²) in [5.41, 5.74) is 4.07. The number of aryl methyl sites for hydroxylation is 2. The number of rotatable bonds is 14. The van der Waals surface area contributed by atoms with E-state index in [-0.39, 0.29) is 23.8 Å². The molecule has 4 rings (SSSR count). The molecule has 0 bridgehead atoms. The van der Waals surface area contributed by atoms with Crippen LogP contribution in [0.2, 0.25) is 5.02 Å². The molecule has 0 aliphatic rings. The average molecular weight is 646 g/mol. The second kappa shape index (κ2) is 15.7. The SMILES string of the molecule is CCCCNC(=O)[C@H](Cc1ccccc1)N(Cc1ccc(C)cc1)C(=O)CN(c1ccc(C)cc1)S(=O)(=O)c1ccc(Cl)cc1. The number of halogens is 1. The largest absolute Gasteiger partial charge is 0.354 e. The highest BCUT2D eigenvalue weighted by atomic mass is 35.5. The van der Waals surface area contributed by atoms with Crippen LogP contribution in [-0.4, -0.2) is 44.3 Å². The number of carbonyl (C=O) groups excluding carboxylic acids is 2. The van der Waals surface area contributed by atoms with Crippen LogP contribution in [0.3, 0.4) is 0 Å². The van der Waals surface area contributed by atoms with Gasteiger partial charge in [-0.15, -0.1) is 0 Å². The summed E-state index contributed by atoms with van der Waals surface area (Å²) in [7, 11) is -4.19. The second-order valence-corrected chi connectivity index (χ2v) is 13.5. The number of anilines is 1. The van der Waals surface area contributed by atoms with E-state index in [1.807, 2.05) is 75.4 Å². The first kappa shape index (κ1) is 33.7. The molecule has 0 heterocycles. The molecule has 45 heavy (non-hydrogen) atoms. The Morgan fingerprint density at radius 2 is 1.40 bits per heavy atom. The Kier molecular flexibility index (Phi) is 11.8. The van der Waals surface area contributed by atoms with Crippen LogP contribution >= 0.6 is 11.6 Å². The molecule has 0 spiro atoms. The predicted octanol–water partition coefficient (Wildman–Crippen LogP) is 6.71. The predicted molar refractivity (Wildman–Crippen MR) is 181 cm³/mol. The number of benzene rings is 4. The fourth-order valence-corrected chi connectivity index (χ4v) is 6.46. The first-order chi connectivity index (χ1) is 21.6. The number of unbranched alkanes of at least 4 members (excludes halogenated alkanes) is 1. The van der Waals surface area contributed by atoms with Gasteiger partial charge in [0.05, 0.1) is 10.6 Å². The highest BCUT2D eigenvalue weighted by molar-refractivity contribution is 7.92. The molecule has 0 aromatic heterocycles. The molecule has 0 unspecified atom stereocenters. The van der Waals surface area contributed by atoms with Gasteiger partial charge in [-0.3, -0.25) is 13.9 Å². The van der Waals surface area contributed by atoms with Crippen LogP contribution in [0.15, 0.2) is 108 Å². The summed E-state index contributed by atoms with van der Waals surface area (Å²) < 4.78 is 29.3. The van der Waals surface area contributed by atoms with Crippen LogP contribution in [-0.2, 0) is 32.6 Å². The van der Waals surface area contributed by atoms with Gasteiger partial charge in [0.1, 0.15) is 12.6 Å². The minimum absolute atomic E-state index is 0.00324. The molecule has 1 atom stereocenters. The summed E-state index contributed by atoms with van der Waals surface area (Å²) in [5.74, 6) is -0.782. The summed E-state index contributed by atoms with van der Waals surface area (Å²) in [5, 5.41) is 3.41. The number of amides is 2. The Balaban J connectivity index is 1.78. The van der Waals surface area contributed by atoms with Gasteiger partial charge >= 0.3 is 0 Å². The van der Waals surface area contributed by atoms with E-state index in [1.54, 1.807) is 24.3 Å². The van der Waals surface area contributed by atoms with E-state index in [2.05, 4.69) is 5.32 Å². The lowest BCUT2D eigenvalue weighted by molar-refractivity contribution is -0.140. The van der Waals surface area contributed by atoms with Crippen molar-refractivity contribution in [2.75, 3.05) is 17.4 Å². The lowest BCUT2D eigenvalue weighted by Gasteiger charge is -2.34. The number of hydrogen-bond donors (Lipinski definition) is 1. The first-order valence-electron chi connectivity index (χ1n) is 15.1. The smallest absolute Gasteiger partial charge is 0.264 e. The van der Waals surface area contributed by atoms with Gasteiger partial charge in [0.15, 0.2) is 0 Å².